The van der Waals surface area contributed by atoms with Crippen molar-refractivity contribution in [2.24, 2.45) is 0 Å². The Bertz CT molecular complexity index is 233. The zero-order chi connectivity index (χ0) is 7.40. The number of nitrogens with zero attached hydrogens (tertiary/aromatic N) is 1. The van der Waals surface area contributed by atoms with Crippen LogP contribution in [0.15, 0.2) is 17.0 Å². The molecule has 0 aliphatic heterocycles. The lowest BCUT2D eigenvalue weighted by atomic mass is 10.6. The maximum Gasteiger partial charge on any atom is 0.134 e. The fraction of sp³-hybridized carbons (Fsp3) is 0.286. The third-order valence-electron chi connectivity index (χ3n) is 0.960. The average Bonchev–Trinajstić information content (AvgIpc) is 2.49. The van der Waals surface area contributed by atoms with Crippen LogP contribution in [-0.4, -0.2) is 4.98 Å². The molecule has 54 valence electrons. The molecule has 10 heavy (non-hydrogen) atoms. The van der Waals surface area contributed by atoms with Gasteiger partial charge in [0.2, 0.25) is 0 Å². The van der Waals surface area contributed by atoms with Gasteiger partial charge < -0.3 is 0 Å². The summed E-state index contributed by atoms with van der Waals surface area (Å²) < 4.78 is 1.30. The van der Waals surface area contributed by atoms with Gasteiger partial charge in [0.1, 0.15) is 4.83 Å². The molecule has 0 amide bonds. The molecule has 0 aliphatic carbocycles. The summed E-state index contributed by atoms with van der Waals surface area (Å²) in [5.41, 5.74) is 1.88. The fourth-order valence-electron chi connectivity index (χ4n) is 0.604. The molecule has 3 heteroatoms. The summed E-state index contributed by atoms with van der Waals surface area (Å²) in [6.07, 6.45) is 0. The monoisotopic (exact) mass is 171 g/mol. The van der Waals surface area contributed by atoms with Gasteiger partial charge in [0.15, 0.2) is 0 Å². The van der Waals surface area contributed by atoms with Gasteiger partial charge in [-0.15, -0.1) is 22.7 Å². The summed E-state index contributed by atoms with van der Waals surface area (Å²) in [6, 6.07) is 2.09. The molecule has 2 rings (SSSR count). The largest absolute Gasteiger partial charge is 0.234 e. The Morgan fingerprint density at radius 1 is 1.30 bits per heavy atom. The van der Waals surface area contributed by atoms with Gasteiger partial charge in [-0.1, -0.05) is 13.8 Å². The SMILES string of the molecule is CC.c1nc2sccc2s1. The van der Waals surface area contributed by atoms with E-state index in [0.29, 0.717) is 0 Å². The zero-order valence-electron chi connectivity index (χ0n) is 6.00. The zero-order valence-corrected chi connectivity index (χ0v) is 7.63. The Kier molecular flexibility index (Phi) is 2.83. The van der Waals surface area contributed by atoms with Gasteiger partial charge in [-0.25, -0.2) is 4.98 Å². The normalized spacial score (nSPS) is 9.00. The second-order valence-corrected chi connectivity index (χ2v) is 3.22. The summed E-state index contributed by atoms with van der Waals surface area (Å²) in [6.45, 7) is 4.00. The van der Waals surface area contributed by atoms with Crippen LogP contribution < -0.4 is 0 Å². The number of fused-ring (bicyclic) bond motifs is 1. The van der Waals surface area contributed by atoms with Crippen LogP contribution in [0.2, 0.25) is 0 Å². The van der Waals surface area contributed by atoms with Crippen molar-refractivity contribution in [2.75, 3.05) is 0 Å². The van der Waals surface area contributed by atoms with E-state index in [0.717, 1.165) is 4.83 Å². The minimum Gasteiger partial charge on any atom is -0.234 e. The van der Waals surface area contributed by atoms with E-state index in [1.165, 1.54) is 4.70 Å². The van der Waals surface area contributed by atoms with Gasteiger partial charge in [-0.05, 0) is 11.4 Å². The molecule has 0 saturated heterocycles. The summed E-state index contributed by atoms with van der Waals surface area (Å²) in [4.78, 5) is 5.28. The van der Waals surface area contributed by atoms with Gasteiger partial charge in [-0.3, -0.25) is 0 Å². The summed E-state index contributed by atoms with van der Waals surface area (Å²) in [5.74, 6) is 0. The Morgan fingerprint density at radius 3 is 2.80 bits per heavy atom. The van der Waals surface area contributed by atoms with Crippen LogP contribution in [0.5, 0.6) is 0 Å². The predicted molar refractivity (Wildman–Crippen MR) is 48.8 cm³/mol. The fourth-order valence-corrected chi connectivity index (χ4v) is 2.25. The highest BCUT2D eigenvalue weighted by Crippen LogP contribution is 2.21. The Labute approximate surface area is 68.3 Å². The van der Waals surface area contributed by atoms with Crippen molar-refractivity contribution in [3.8, 4) is 0 Å². The lowest BCUT2D eigenvalue weighted by molar-refractivity contribution is 1.50. The second-order valence-electron chi connectivity index (χ2n) is 1.44. The molecule has 0 saturated carbocycles. The van der Waals surface area contributed by atoms with E-state index in [1.54, 1.807) is 22.7 Å². The second kappa shape index (κ2) is 3.68. The van der Waals surface area contributed by atoms with Crippen LogP contribution >= 0.6 is 22.7 Å². The van der Waals surface area contributed by atoms with Crippen LogP contribution in [0.1, 0.15) is 13.8 Å². The van der Waals surface area contributed by atoms with E-state index in [4.69, 9.17) is 0 Å². The minimum atomic E-state index is 1.16. The smallest absolute Gasteiger partial charge is 0.134 e. The van der Waals surface area contributed by atoms with Crippen LogP contribution in [-0.2, 0) is 0 Å². The highest BCUT2D eigenvalue weighted by molar-refractivity contribution is 7.25. The molecule has 0 atom stereocenters. The van der Waals surface area contributed by atoms with E-state index < -0.39 is 0 Å². The third kappa shape index (κ3) is 1.36. The molecule has 0 spiro atoms. The number of thiophene rings is 1. The van der Waals surface area contributed by atoms with Gasteiger partial charge in [-0.2, -0.15) is 0 Å². The highest BCUT2D eigenvalue weighted by Gasteiger charge is 1.92. The van der Waals surface area contributed by atoms with E-state index in [-0.39, 0.29) is 0 Å². The first kappa shape index (κ1) is 7.69. The first-order valence-corrected chi connectivity index (χ1v) is 4.99. The van der Waals surface area contributed by atoms with Crippen LogP contribution in [0, 0.1) is 0 Å². The van der Waals surface area contributed by atoms with E-state index in [1.807, 2.05) is 19.4 Å². The first-order valence-electron chi connectivity index (χ1n) is 3.23. The Hall–Kier alpha value is -0.410. The summed E-state index contributed by atoms with van der Waals surface area (Å²) in [5, 5.41) is 2.06. The molecule has 2 aromatic heterocycles. The Balaban J connectivity index is 0.000000231. The third-order valence-corrected chi connectivity index (χ3v) is 2.70. The molecule has 0 aliphatic rings. The molecule has 2 heterocycles. The first-order chi connectivity index (χ1) is 4.97. The van der Waals surface area contributed by atoms with Crippen LogP contribution in [0.3, 0.4) is 0 Å². The molecule has 2 aromatic rings. The maximum absolute atomic E-state index is 4.12. The van der Waals surface area contributed by atoms with E-state index in [2.05, 4.69) is 16.4 Å². The molecule has 0 aromatic carbocycles. The van der Waals surface area contributed by atoms with Crippen molar-refractivity contribution in [1.29, 1.82) is 0 Å². The lowest BCUT2D eigenvalue weighted by Crippen LogP contribution is -1.46. The number of rotatable bonds is 0. The van der Waals surface area contributed by atoms with Crippen molar-refractivity contribution in [1.82, 2.24) is 4.98 Å². The molecule has 0 N–H and O–H groups in total. The topological polar surface area (TPSA) is 12.9 Å². The van der Waals surface area contributed by atoms with E-state index in [9.17, 15) is 0 Å². The maximum atomic E-state index is 4.12. The number of aromatic nitrogens is 1. The lowest BCUT2D eigenvalue weighted by Gasteiger charge is -1.62. The van der Waals surface area contributed by atoms with Crippen molar-refractivity contribution in [2.45, 2.75) is 13.8 Å². The van der Waals surface area contributed by atoms with Crippen molar-refractivity contribution in [3.05, 3.63) is 17.0 Å². The van der Waals surface area contributed by atoms with Crippen molar-refractivity contribution < 1.29 is 0 Å². The molecule has 0 bridgehead atoms. The van der Waals surface area contributed by atoms with Crippen LogP contribution in [0.25, 0.3) is 9.53 Å². The minimum absolute atomic E-state index is 1.16. The van der Waals surface area contributed by atoms with Crippen molar-refractivity contribution >= 4 is 32.2 Å². The molecule has 1 nitrogen and oxygen atoms in total. The molecule has 0 unspecified atom stereocenters. The van der Waals surface area contributed by atoms with Crippen molar-refractivity contribution in [3.63, 3.8) is 0 Å². The van der Waals surface area contributed by atoms with Gasteiger partial charge in [0.05, 0.1) is 10.2 Å². The predicted octanol–water partition coefficient (Wildman–Crippen LogP) is 3.38. The standard InChI is InChI=1S/C5H3NS2.C2H6/c1-2-7-5-4(1)8-3-6-5;1-2/h1-3H;1-2H3. The van der Waals surface area contributed by atoms with E-state index >= 15 is 0 Å². The van der Waals surface area contributed by atoms with Gasteiger partial charge in [0, 0.05) is 0 Å². The molecular formula is C7H9NS2. The number of hydrogen-bond acceptors (Lipinski definition) is 3. The highest BCUT2D eigenvalue weighted by atomic mass is 32.1. The molecule has 0 fully saturated rings. The number of thiazole rings is 1. The van der Waals surface area contributed by atoms with Gasteiger partial charge in [0.25, 0.3) is 0 Å². The molecular weight excluding hydrogens is 162 g/mol. The quantitative estimate of drug-likeness (QED) is 0.592. The number of hydrogen-bond donors (Lipinski definition) is 0. The summed E-state index contributed by atoms with van der Waals surface area (Å²) >= 11 is 3.39. The molecule has 0 radical (unpaired) electrons. The summed E-state index contributed by atoms with van der Waals surface area (Å²) in [7, 11) is 0. The average molecular weight is 171 g/mol. The Morgan fingerprint density at radius 2 is 2.10 bits per heavy atom. The van der Waals surface area contributed by atoms with Gasteiger partial charge >= 0.3 is 0 Å². The van der Waals surface area contributed by atoms with Crippen LogP contribution in [0.4, 0.5) is 0 Å².